The average Bonchev–Trinajstić information content (AvgIpc) is 1.88. The molecule has 1 rings (SSSR count). The van der Waals surface area contributed by atoms with E-state index < -0.39 is 8.38 Å². The Kier molecular flexibility index (Phi) is 3.61. The first kappa shape index (κ1) is 8.45. The van der Waals surface area contributed by atoms with E-state index in [9.17, 15) is 0 Å². The molecule has 1 saturated carbocycles. The van der Waals surface area contributed by atoms with Gasteiger partial charge in [-0.25, -0.2) is 0 Å². The molecule has 0 aromatic carbocycles. The standard InChI is InChI=1S/C7H15O2P/c8-10(9)6-7-4-2-1-3-5-7/h7-9H,1-6H2. The fourth-order valence-electron chi connectivity index (χ4n) is 1.60. The summed E-state index contributed by atoms with van der Waals surface area (Å²) in [5, 5.41) is 0. The third-order valence-electron chi connectivity index (χ3n) is 2.15. The highest BCUT2D eigenvalue weighted by Crippen LogP contribution is 2.34. The molecule has 1 fully saturated rings. The summed E-state index contributed by atoms with van der Waals surface area (Å²) < 4.78 is 0. The largest absolute Gasteiger partial charge is 0.350 e. The van der Waals surface area contributed by atoms with Crippen molar-refractivity contribution in [1.29, 1.82) is 0 Å². The molecule has 0 spiro atoms. The van der Waals surface area contributed by atoms with E-state index in [4.69, 9.17) is 9.79 Å². The van der Waals surface area contributed by atoms with Crippen LogP contribution in [0.2, 0.25) is 0 Å². The topological polar surface area (TPSA) is 40.5 Å². The first-order chi connectivity index (χ1) is 4.79. The van der Waals surface area contributed by atoms with E-state index >= 15 is 0 Å². The van der Waals surface area contributed by atoms with Gasteiger partial charge in [-0.3, -0.25) is 0 Å². The molecular formula is C7H15O2P. The fraction of sp³-hybridized carbons (Fsp3) is 1.00. The van der Waals surface area contributed by atoms with Crippen LogP contribution in [0.4, 0.5) is 0 Å². The molecule has 60 valence electrons. The van der Waals surface area contributed by atoms with Gasteiger partial charge in [-0.1, -0.05) is 19.3 Å². The third-order valence-corrected chi connectivity index (χ3v) is 2.99. The molecular weight excluding hydrogens is 147 g/mol. The fourth-order valence-corrected chi connectivity index (χ4v) is 2.43. The van der Waals surface area contributed by atoms with Crippen molar-refractivity contribution in [2.24, 2.45) is 5.92 Å². The summed E-state index contributed by atoms with van der Waals surface area (Å²) in [6.45, 7) is 0. The second-order valence-corrected chi connectivity index (χ2v) is 4.17. The molecule has 0 amide bonds. The summed E-state index contributed by atoms with van der Waals surface area (Å²) in [6, 6.07) is 0. The Hall–Kier alpha value is 0.350. The molecule has 2 N–H and O–H groups in total. The van der Waals surface area contributed by atoms with Crippen molar-refractivity contribution in [3.63, 3.8) is 0 Å². The lowest BCUT2D eigenvalue weighted by atomic mass is 9.91. The van der Waals surface area contributed by atoms with Gasteiger partial charge in [0.2, 0.25) is 0 Å². The maximum Gasteiger partial charge on any atom is 0.165 e. The minimum Gasteiger partial charge on any atom is -0.350 e. The van der Waals surface area contributed by atoms with Crippen molar-refractivity contribution in [3.05, 3.63) is 0 Å². The van der Waals surface area contributed by atoms with Crippen molar-refractivity contribution in [2.45, 2.75) is 32.1 Å². The highest BCUT2D eigenvalue weighted by Gasteiger charge is 2.15. The molecule has 3 heteroatoms. The first-order valence-corrected chi connectivity index (χ1v) is 5.37. The highest BCUT2D eigenvalue weighted by atomic mass is 31.2. The Balaban J connectivity index is 2.13. The van der Waals surface area contributed by atoms with Crippen LogP contribution in [0.3, 0.4) is 0 Å². The van der Waals surface area contributed by atoms with E-state index in [1.165, 1.54) is 32.1 Å². The molecule has 0 aromatic rings. The molecule has 10 heavy (non-hydrogen) atoms. The van der Waals surface area contributed by atoms with Crippen LogP contribution in [0.15, 0.2) is 0 Å². The Morgan fingerprint density at radius 3 is 2.20 bits per heavy atom. The van der Waals surface area contributed by atoms with Crippen LogP contribution in [-0.4, -0.2) is 15.9 Å². The van der Waals surface area contributed by atoms with Crippen LogP contribution in [-0.2, 0) is 0 Å². The Morgan fingerprint density at radius 1 is 1.10 bits per heavy atom. The van der Waals surface area contributed by atoms with Crippen molar-refractivity contribution >= 4 is 8.38 Å². The summed E-state index contributed by atoms with van der Waals surface area (Å²) >= 11 is 0. The van der Waals surface area contributed by atoms with Crippen molar-refractivity contribution in [1.82, 2.24) is 0 Å². The minimum absolute atomic E-state index is 0.606. The van der Waals surface area contributed by atoms with E-state index in [1.54, 1.807) is 0 Å². The predicted molar refractivity (Wildman–Crippen MR) is 42.8 cm³/mol. The van der Waals surface area contributed by atoms with E-state index in [-0.39, 0.29) is 0 Å². The normalized spacial score (nSPS) is 21.9. The Labute approximate surface area is 63.2 Å². The number of rotatable bonds is 2. The van der Waals surface area contributed by atoms with Gasteiger partial charge in [0.25, 0.3) is 0 Å². The summed E-state index contributed by atoms with van der Waals surface area (Å²) in [4.78, 5) is 17.4. The van der Waals surface area contributed by atoms with Crippen molar-refractivity contribution < 1.29 is 9.79 Å². The summed E-state index contributed by atoms with van der Waals surface area (Å²) in [6.07, 6.45) is 6.97. The van der Waals surface area contributed by atoms with Gasteiger partial charge >= 0.3 is 0 Å². The summed E-state index contributed by atoms with van der Waals surface area (Å²) in [5.41, 5.74) is 0. The van der Waals surface area contributed by atoms with Crippen molar-refractivity contribution in [2.75, 3.05) is 6.16 Å². The lowest BCUT2D eigenvalue weighted by Gasteiger charge is -2.21. The molecule has 0 unspecified atom stereocenters. The van der Waals surface area contributed by atoms with Crippen LogP contribution >= 0.6 is 8.38 Å². The van der Waals surface area contributed by atoms with Gasteiger partial charge in [0.1, 0.15) is 0 Å². The van der Waals surface area contributed by atoms with Gasteiger partial charge in [-0.2, -0.15) is 0 Å². The van der Waals surface area contributed by atoms with E-state index in [0.717, 1.165) is 0 Å². The quantitative estimate of drug-likeness (QED) is 0.608. The average molecular weight is 162 g/mol. The molecule has 2 nitrogen and oxygen atoms in total. The molecule has 0 atom stereocenters. The van der Waals surface area contributed by atoms with Crippen LogP contribution < -0.4 is 0 Å². The van der Waals surface area contributed by atoms with E-state index in [0.29, 0.717) is 12.1 Å². The first-order valence-electron chi connectivity index (χ1n) is 3.94. The predicted octanol–water partition coefficient (Wildman–Crippen LogP) is 1.86. The van der Waals surface area contributed by atoms with E-state index in [2.05, 4.69) is 0 Å². The minimum atomic E-state index is -1.62. The lowest BCUT2D eigenvalue weighted by molar-refractivity contribution is 0.371. The second-order valence-electron chi connectivity index (χ2n) is 3.06. The zero-order valence-electron chi connectivity index (χ0n) is 6.16. The van der Waals surface area contributed by atoms with Crippen molar-refractivity contribution in [3.8, 4) is 0 Å². The van der Waals surface area contributed by atoms with Gasteiger partial charge in [0.05, 0.1) is 0 Å². The third kappa shape index (κ3) is 2.96. The van der Waals surface area contributed by atoms with Crippen LogP contribution in [0.1, 0.15) is 32.1 Å². The van der Waals surface area contributed by atoms with Gasteiger partial charge in [-0.15, -0.1) is 0 Å². The molecule has 0 aliphatic heterocycles. The van der Waals surface area contributed by atoms with Crippen LogP contribution in [0, 0.1) is 5.92 Å². The van der Waals surface area contributed by atoms with Crippen LogP contribution in [0.5, 0.6) is 0 Å². The molecule has 0 aromatic heterocycles. The molecule has 0 heterocycles. The molecule has 0 radical (unpaired) electrons. The number of hydrogen-bond donors (Lipinski definition) is 2. The summed E-state index contributed by atoms with van der Waals surface area (Å²) in [7, 11) is -1.62. The monoisotopic (exact) mass is 162 g/mol. The molecule has 1 aliphatic rings. The molecule has 0 saturated heterocycles. The van der Waals surface area contributed by atoms with E-state index in [1.807, 2.05) is 0 Å². The van der Waals surface area contributed by atoms with Gasteiger partial charge in [0, 0.05) is 6.16 Å². The SMILES string of the molecule is OP(O)CC1CCCCC1. The second kappa shape index (κ2) is 4.27. The Morgan fingerprint density at radius 2 is 1.70 bits per heavy atom. The summed E-state index contributed by atoms with van der Waals surface area (Å²) in [5.74, 6) is 0.606. The smallest absolute Gasteiger partial charge is 0.165 e. The maximum atomic E-state index is 8.72. The molecule has 1 aliphatic carbocycles. The zero-order valence-corrected chi connectivity index (χ0v) is 7.06. The van der Waals surface area contributed by atoms with Gasteiger partial charge in [0.15, 0.2) is 8.38 Å². The number of hydrogen-bond acceptors (Lipinski definition) is 2. The van der Waals surface area contributed by atoms with Gasteiger partial charge in [-0.05, 0) is 18.8 Å². The van der Waals surface area contributed by atoms with Crippen LogP contribution in [0.25, 0.3) is 0 Å². The maximum absolute atomic E-state index is 8.72. The van der Waals surface area contributed by atoms with Gasteiger partial charge < -0.3 is 9.79 Å². The highest BCUT2D eigenvalue weighted by molar-refractivity contribution is 7.45. The molecule has 0 bridgehead atoms. The lowest BCUT2D eigenvalue weighted by Crippen LogP contribution is -2.09. The Bertz CT molecular complexity index is 89.6. The zero-order chi connectivity index (χ0) is 7.40.